The van der Waals surface area contributed by atoms with E-state index in [9.17, 15) is 18.0 Å². The Labute approximate surface area is 144 Å². The van der Waals surface area contributed by atoms with E-state index < -0.39 is 18.7 Å². The number of alkyl halides is 3. The van der Waals surface area contributed by atoms with Gasteiger partial charge < -0.3 is 19.5 Å². The van der Waals surface area contributed by atoms with Gasteiger partial charge >= 0.3 is 6.18 Å². The van der Waals surface area contributed by atoms with Crippen LogP contribution in [0.3, 0.4) is 0 Å². The van der Waals surface area contributed by atoms with Crippen LogP contribution in [0.2, 0.25) is 0 Å². The largest absolute Gasteiger partial charge is 0.493 e. The first-order chi connectivity index (χ1) is 11.9. The fraction of sp³-hybridized carbons (Fsp3) is 0.588. The Morgan fingerprint density at radius 1 is 1.24 bits per heavy atom. The summed E-state index contributed by atoms with van der Waals surface area (Å²) in [5.41, 5.74) is 0.495. The van der Waals surface area contributed by atoms with E-state index in [1.807, 2.05) is 0 Å². The summed E-state index contributed by atoms with van der Waals surface area (Å²) in [7, 11) is 1.53. The molecule has 0 aliphatic heterocycles. The van der Waals surface area contributed by atoms with Crippen LogP contribution in [0, 0.1) is 0 Å². The SMILES string of the molecule is COc1ccc(NC(=O)CCOCC(F)(F)F)cc1OC1CCCC1. The van der Waals surface area contributed by atoms with E-state index in [2.05, 4.69) is 10.1 Å². The maximum Gasteiger partial charge on any atom is 0.411 e. The minimum atomic E-state index is -4.39. The van der Waals surface area contributed by atoms with E-state index in [-0.39, 0.29) is 19.1 Å². The van der Waals surface area contributed by atoms with Crippen LogP contribution in [-0.4, -0.2) is 38.5 Å². The van der Waals surface area contributed by atoms with Gasteiger partial charge in [0.2, 0.25) is 5.91 Å². The highest BCUT2D eigenvalue weighted by Crippen LogP contribution is 2.33. The van der Waals surface area contributed by atoms with Crippen molar-refractivity contribution in [3.8, 4) is 11.5 Å². The summed E-state index contributed by atoms with van der Waals surface area (Å²) < 4.78 is 51.5. The number of anilines is 1. The molecule has 0 aromatic heterocycles. The number of amides is 1. The highest BCUT2D eigenvalue weighted by molar-refractivity contribution is 5.91. The molecule has 1 aromatic rings. The van der Waals surface area contributed by atoms with E-state index in [4.69, 9.17) is 9.47 Å². The van der Waals surface area contributed by atoms with Crippen molar-refractivity contribution in [1.29, 1.82) is 0 Å². The first-order valence-corrected chi connectivity index (χ1v) is 8.16. The molecule has 8 heteroatoms. The number of nitrogens with one attached hydrogen (secondary N) is 1. The van der Waals surface area contributed by atoms with Gasteiger partial charge in [-0.3, -0.25) is 4.79 Å². The third-order valence-electron chi connectivity index (χ3n) is 3.78. The van der Waals surface area contributed by atoms with Crippen LogP contribution in [0.25, 0.3) is 0 Å². The van der Waals surface area contributed by atoms with Gasteiger partial charge in [-0.05, 0) is 37.8 Å². The van der Waals surface area contributed by atoms with Crippen molar-refractivity contribution in [2.45, 2.75) is 44.4 Å². The molecule has 1 fully saturated rings. The zero-order valence-corrected chi connectivity index (χ0v) is 14.0. The molecule has 5 nitrogen and oxygen atoms in total. The van der Waals surface area contributed by atoms with Crippen LogP contribution in [-0.2, 0) is 9.53 Å². The molecular weight excluding hydrogens is 339 g/mol. The Balaban J connectivity index is 1.87. The zero-order chi connectivity index (χ0) is 18.3. The lowest BCUT2D eigenvalue weighted by atomic mass is 10.2. The first-order valence-electron chi connectivity index (χ1n) is 8.16. The summed E-state index contributed by atoms with van der Waals surface area (Å²) in [6.45, 7) is -1.66. The molecule has 0 heterocycles. The zero-order valence-electron chi connectivity index (χ0n) is 14.0. The van der Waals surface area contributed by atoms with Crippen LogP contribution < -0.4 is 14.8 Å². The van der Waals surface area contributed by atoms with Gasteiger partial charge in [0, 0.05) is 11.8 Å². The van der Waals surface area contributed by atoms with E-state index in [0.29, 0.717) is 17.2 Å². The lowest BCUT2D eigenvalue weighted by molar-refractivity contribution is -0.174. The number of benzene rings is 1. The number of ether oxygens (including phenoxy) is 3. The van der Waals surface area contributed by atoms with Crippen LogP contribution in [0.4, 0.5) is 18.9 Å². The summed E-state index contributed by atoms with van der Waals surface area (Å²) in [4.78, 5) is 11.8. The maximum atomic E-state index is 12.0. The number of carbonyl (C=O) groups excluding carboxylic acids is 1. The van der Waals surface area contributed by atoms with Crippen LogP contribution >= 0.6 is 0 Å². The predicted molar refractivity (Wildman–Crippen MR) is 86.0 cm³/mol. The summed E-state index contributed by atoms with van der Waals surface area (Å²) in [6.07, 6.45) is -0.203. The van der Waals surface area contributed by atoms with Crippen molar-refractivity contribution < 1.29 is 32.2 Å². The van der Waals surface area contributed by atoms with Gasteiger partial charge in [0.25, 0.3) is 0 Å². The average Bonchev–Trinajstić information content (AvgIpc) is 3.04. The normalized spacial score (nSPS) is 15.2. The van der Waals surface area contributed by atoms with E-state index in [1.54, 1.807) is 18.2 Å². The number of halogens is 3. The van der Waals surface area contributed by atoms with Crippen LogP contribution in [0.15, 0.2) is 18.2 Å². The predicted octanol–water partition coefficient (Wildman–Crippen LogP) is 3.92. The molecule has 1 saturated carbocycles. The Bertz CT molecular complexity index is 572. The summed E-state index contributed by atoms with van der Waals surface area (Å²) in [6, 6.07) is 4.99. The quantitative estimate of drug-likeness (QED) is 0.713. The summed E-state index contributed by atoms with van der Waals surface area (Å²) in [5, 5.41) is 2.62. The Morgan fingerprint density at radius 2 is 1.96 bits per heavy atom. The van der Waals surface area contributed by atoms with Crippen molar-refractivity contribution in [2.75, 3.05) is 25.6 Å². The Hall–Kier alpha value is -1.96. The smallest absolute Gasteiger partial charge is 0.411 e. The van der Waals surface area contributed by atoms with Crippen molar-refractivity contribution in [3.05, 3.63) is 18.2 Å². The molecule has 2 rings (SSSR count). The molecule has 0 radical (unpaired) electrons. The molecule has 140 valence electrons. The highest BCUT2D eigenvalue weighted by atomic mass is 19.4. The second-order valence-electron chi connectivity index (χ2n) is 5.86. The molecule has 1 aliphatic carbocycles. The Kier molecular flexibility index (Phi) is 6.92. The van der Waals surface area contributed by atoms with E-state index in [0.717, 1.165) is 25.7 Å². The third kappa shape index (κ3) is 6.81. The van der Waals surface area contributed by atoms with Gasteiger partial charge in [-0.1, -0.05) is 0 Å². The molecule has 0 atom stereocenters. The van der Waals surface area contributed by atoms with E-state index >= 15 is 0 Å². The summed E-state index contributed by atoms with van der Waals surface area (Å²) in [5.74, 6) is 0.679. The second-order valence-corrected chi connectivity index (χ2v) is 5.86. The number of carbonyl (C=O) groups is 1. The van der Waals surface area contributed by atoms with Gasteiger partial charge in [-0.15, -0.1) is 0 Å². The number of hydrogen-bond donors (Lipinski definition) is 1. The Morgan fingerprint density at radius 3 is 2.60 bits per heavy atom. The minimum absolute atomic E-state index is 0.135. The van der Waals surface area contributed by atoms with E-state index in [1.165, 1.54) is 7.11 Å². The topological polar surface area (TPSA) is 56.8 Å². The molecule has 0 unspecified atom stereocenters. The van der Waals surface area contributed by atoms with Crippen molar-refractivity contribution in [2.24, 2.45) is 0 Å². The van der Waals surface area contributed by atoms with Crippen LogP contribution in [0.5, 0.6) is 11.5 Å². The van der Waals surface area contributed by atoms with Crippen molar-refractivity contribution in [3.63, 3.8) is 0 Å². The molecule has 1 N–H and O–H groups in total. The molecule has 25 heavy (non-hydrogen) atoms. The van der Waals surface area contributed by atoms with Gasteiger partial charge in [-0.25, -0.2) is 0 Å². The third-order valence-corrected chi connectivity index (χ3v) is 3.78. The number of rotatable bonds is 8. The monoisotopic (exact) mass is 361 g/mol. The van der Waals surface area contributed by atoms with Gasteiger partial charge in [0.05, 0.1) is 26.2 Å². The van der Waals surface area contributed by atoms with Crippen molar-refractivity contribution in [1.82, 2.24) is 0 Å². The average molecular weight is 361 g/mol. The highest BCUT2D eigenvalue weighted by Gasteiger charge is 2.27. The second kappa shape index (κ2) is 8.94. The molecule has 0 spiro atoms. The van der Waals surface area contributed by atoms with Crippen LogP contribution in [0.1, 0.15) is 32.1 Å². The maximum absolute atomic E-state index is 12.0. The van der Waals surface area contributed by atoms with Gasteiger partial charge in [-0.2, -0.15) is 13.2 Å². The van der Waals surface area contributed by atoms with Crippen molar-refractivity contribution >= 4 is 11.6 Å². The summed E-state index contributed by atoms with van der Waals surface area (Å²) >= 11 is 0. The first kappa shape index (κ1) is 19.4. The molecule has 1 amide bonds. The number of hydrogen-bond acceptors (Lipinski definition) is 4. The molecule has 1 aliphatic rings. The molecule has 1 aromatic carbocycles. The minimum Gasteiger partial charge on any atom is -0.493 e. The fourth-order valence-electron chi connectivity index (χ4n) is 2.61. The van der Waals surface area contributed by atoms with Gasteiger partial charge in [0.15, 0.2) is 11.5 Å². The lowest BCUT2D eigenvalue weighted by Gasteiger charge is -2.17. The number of methoxy groups -OCH3 is 1. The molecular formula is C17H22F3NO4. The van der Waals surface area contributed by atoms with Gasteiger partial charge in [0.1, 0.15) is 6.61 Å². The molecule has 0 saturated heterocycles. The lowest BCUT2D eigenvalue weighted by Crippen LogP contribution is -2.20. The fourth-order valence-corrected chi connectivity index (χ4v) is 2.61. The molecule has 0 bridgehead atoms. The standard InChI is InChI=1S/C17H22F3NO4/c1-23-14-7-6-12(10-15(14)25-13-4-2-3-5-13)21-16(22)8-9-24-11-17(18,19)20/h6-7,10,13H,2-5,8-9,11H2,1H3,(H,21,22).